The smallest absolute Gasteiger partial charge is 0.251 e. The normalized spacial score (nSPS) is 16.1. The zero-order chi connectivity index (χ0) is 19.1. The average molecular weight is 387 g/mol. The van der Waals surface area contributed by atoms with Crippen LogP contribution in [0.1, 0.15) is 36.2 Å². The van der Waals surface area contributed by atoms with Gasteiger partial charge in [-0.25, -0.2) is 9.97 Å². The Bertz CT molecular complexity index is 744. The third kappa shape index (κ3) is 5.35. The van der Waals surface area contributed by atoms with E-state index < -0.39 is 0 Å². The molecule has 3 rings (SSSR count). The number of amides is 1. The van der Waals surface area contributed by atoms with Gasteiger partial charge in [0.05, 0.1) is 0 Å². The Morgan fingerprint density at radius 3 is 2.81 bits per heavy atom. The summed E-state index contributed by atoms with van der Waals surface area (Å²) >= 11 is 1.88. The van der Waals surface area contributed by atoms with Gasteiger partial charge < -0.3 is 15.0 Å². The number of hydrogen-bond acceptors (Lipinski definition) is 6. The van der Waals surface area contributed by atoms with Gasteiger partial charge in [-0.2, -0.15) is 11.8 Å². The lowest BCUT2D eigenvalue weighted by molar-refractivity contribution is 0.0950. The minimum atomic E-state index is -0.143. The summed E-state index contributed by atoms with van der Waals surface area (Å²) in [5, 5.41) is 2.93. The lowest BCUT2D eigenvalue weighted by atomic mass is 10.2. The van der Waals surface area contributed by atoms with Crippen molar-refractivity contribution in [3.8, 4) is 5.88 Å². The number of aromatic nitrogens is 2. The summed E-state index contributed by atoms with van der Waals surface area (Å²) in [5.74, 6) is 3.42. The average Bonchev–Trinajstić information content (AvgIpc) is 3.21. The molecule has 0 aromatic carbocycles. The summed E-state index contributed by atoms with van der Waals surface area (Å²) < 4.78 is 5.86. The number of carbonyl (C=O) groups is 1. The Morgan fingerprint density at radius 1 is 1.30 bits per heavy atom. The van der Waals surface area contributed by atoms with E-state index in [-0.39, 0.29) is 12.0 Å². The fourth-order valence-electron chi connectivity index (χ4n) is 2.93. The summed E-state index contributed by atoms with van der Waals surface area (Å²) in [7, 11) is 0. The molecule has 0 unspecified atom stereocenters. The highest BCUT2D eigenvalue weighted by molar-refractivity contribution is 7.99. The van der Waals surface area contributed by atoms with Crippen LogP contribution in [-0.4, -0.2) is 46.6 Å². The molecule has 0 aliphatic carbocycles. The van der Waals surface area contributed by atoms with E-state index in [9.17, 15) is 4.79 Å². The van der Waals surface area contributed by atoms with Gasteiger partial charge in [-0.15, -0.1) is 0 Å². The fourth-order valence-corrected chi connectivity index (χ4v) is 4.03. The van der Waals surface area contributed by atoms with E-state index in [1.54, 1.807) is 18.3 Å². The molecule has 1 saturated heterocycles. The minimum Gasteiger partial charge on any atom is -0.473 e. The first-order chi connectivity index (χ1) is 13.2. The largest absolute Gasteiger partial charge is 0.473 e. The first-order valence-corrected chi connectivity index (χ1v) is 10.5. The molecule has 0 radical (unpaired) electrons. The second-order valence-corrected chi connectivity index (χ2v) is 7.52. The number of nitrogens with zero attached hydrogens (tertiary/aromatic N) is 3. The number of nitrogens with one attached hydrogen (secondary N) is 1. The molecule has 1 aliphatic heterocycles. The summed E-state index contributed by atoms with van der Waals surface area (Å²) in [6, 6.07) is 7.40. The fraction of sp³-hybridized carbons (Fsp3) is 0.450. The van der Waals surface area contributed by atoms with Gasteiger partial charge in [-0.1, -0.05) is 6.07 Å². The van der Waals surface area contributed by atoms with Gasteiger partial charge in [0, 0.05) is 49.4 Å². The van der Waals surface area contributed by atoms with Crippen LogP contribution in [0.5, 0.6) is 5.88 Å². The lowest BCUT2D eigenvalue weighted by Gasteiger charge is -2.19. The van der Waals surface area contributed by atoms with Crippen molar-refractivity contribution in [1.29, 1.82) is 0 Å². The summed E-state index contributed by atoms with van der Waals surface area (Å²) in [5.41, 5.74) is 1.52. The van der Waals surface area contributed by atoms with Gasteiger partial charge in [-0.05, 0) is 43.7 Å². The molecule has 1 fully saturated rings. The Morgan fingerprint density at radius 2 is 2.15 bits per heavy atom. The molecule has 1 N–H and O–H groups in total. The van der Waals surface area contributed by atoms with Gasteiger partial charge in [0.2, 0.25) is 5.88 Å². The maximum absolute atomic E-state index is 12.4. The Balaban J connectivity index is 1.55. The van der Waals surface area contributed by atoms with Crippen molar-refractivity contribution in [3.63, 3.8) is 0 Å². The Labute approximate surface area is 164 Å². The molecule has 7 heteroatoms. The van der Waals surface area contributed by atoms with Crippen LogP contribution in [0, 0.1) is 0 Å². The zero-order valence-corrected chi connectivity index (χ0v) is 16.7. The van der Waals surface area contributed by atoms with E-state index in [1.165, 1.54) is 0 Å². The van der Waals surface area contributed by atoms with Crippen LogP contribution in [0.4, 0.5) is 5.82 Å². The van der Waals surface area contributed by atoms with Crippen molar-refractivity contribution in [2.45, 2.75) is 32.9 Å². The number of thioether (sulfide) groups is 1. The SMILES string of the molecule is CCN(CC)c1ccc(CNC(=O)c2ccnc(O[C@@H]3CCSC3)c2)cn1. The Hall–Kier alpha value is -2.28. The maximum atomic E-state index is 12.4. The Kier molecular flexibility index (Phi) is 6.92. The number of hydrogen-bond donors (Lipinski definition) is 1. The molecule has 1 atom stereocenters. The third-order valence-corrected chi connectivity index (χ3v) is 5.65. The van der Waals surface area contributed by atoms with E-state index in [1.807, 2.05) is 30.1 Å². The van der Waals surface area contributed by atoms with Crippen molar-refractivity contribution >= 4 is 23.5 Å². The van der Waals surface area contributed by atoms with Crippen LogP contribution < -0.4 is 15.0 Å². The molecule has 1 aliphatic rings. The molecule has 0 spiro atoms. The predicted octanol–water partition coefficient (Wildman–Crippen LogP) is 3.14. The molecule has 144 valence electrons. The second-order valence-electron chi connectivity index (χ2n) is 6.37. The first-order valence-electron chi connectivity index (χ1n) is 9.38. The van der Waals surface area contributed by atoms with Crippen molar-refractivity contribution in [3.05, 3.63) is 47.8 Å². The molecular weight excluding hydrogens is 360 g/mol. The number of rotatable bonds is 8. The number of carbonyl (C=O) groups excluding carboxylic acids is 1. The summed E-state index contributed by atoms with van der Waals surface area (Å²) in [6.07, 6.45) is 4.65. The van der Waals surface area contributed by atoms with Crippen molar-refractivity contribution in [2.24, 2.45) is 0 Å². The molecule has 27 heavy (non-hydrogen) atoms. The predicted molar refractivity (Wildman–Crippen MR) is 110 cm³/mol. The number of anilines is 1. The number of pyridine rings is 2. The lowest BCUT2D eigenvalue weighted by Crippen LogP contribution is -2.24. The standard InChI is InChI=1S/C20H26N4O2S/c1-3-24(4-2)18-6-5-15(12-22-18)13-23-20(25)16-7-9-21-19(11-16)26-17-8-10-27-14-17/h5-7,9,11-12,17H,3-4,8,10,13-14H2,1-2H3,(H,23,25)/t17-/m1/s1. The van der Waals surface area contributed by atoms with Gasteiger partial charge >= 0.3 is 0 Å². The highest BCUT2D eigenvalue weighted by Gasteiger charge is 2.18. The molecule has 0 saturated carbocycles. The van der Waals surface area contributed by atoms with Crippen molar-refractivity contribution < 1.29 is 9.53 Å². The highest BCUT2D eigenvalue weighted by Crippen LogP contribution is 2.22. The van der Waals surface area contributed by atoms with E-state index >= 15 is 0 Å². The van der Waals surface area contributed by atoms with Crippen LogP contribution in [-0.2, 0) is 6.54 Å². The van der Waals surface area contributed by atoms with Crippen molar-refractivity contribution in [2.75, 3.05) is 29.5 Å². The molecule has 3 heterocycles. The highest BCUT2D eigenvalue weighted by atomic mass is 32.2. The monoisotopic (exact) mass is 386 g/mol. The van der Waals surface area contributed by atoms with E-state index in [4.69, 9.17) is 4.74 Å². The summed E-state index contributed by atoms with van der Waals surface area (Å²) in [4.78, 5) is 23.3. The van der Waals surface area contributed by atoms with Gasteiger partial charge in [0.15, 0.2) is 0 Å². The quantitative estimate of drug-likeness (QED) is 0.752. The van der Waals surface area contributed by atoms with E-state index in [0.717, 1.165) is 42.4 Å². The van der Waals surface area contributed by atoms with Crippen LogP contribution in [0.25, 0.3) is 0 Å². The van der Waals surface area contributed by atoms with Crippen LogP contribution in [0.2, 0.25) is 0 Å². The molecule has 6 nitrogen and oxygen atoms in total. The molecule has 1 amide bonds. The zero-order valence-electron chi connectivity index (χ0n) is 15.9. The molecule has 2 aromatic heterocycles. The van der Waals surface area contributed by atoms with Crippen LogP contribution >= 0.6 is 11.8 Å². The topological polar surface area (TPSA) is 67.4 Å². The number of ether oxygens (including phenoxy) is 1. The summed E-state index contributed by atoms with van der Waals surface area (Å²) in [6.45, 7) is 6.49. The van der Waals surface area contributed by atoms with Gasteiger partial charge in [-0.3, -0.25) is 4.79 Å². The van der Waals surface area contributed by atoms with E-state index in [0.29, 0.717) is 18.0 Å². The molecular formula is C20H26N4O2S. The van der Waals surface area contributed by atoms with Crippen LogP contribution in [0.3, 0.4) is 0 Å². The van der Waals surface area contributed by atoms with Crippen LogP contribution in [0.15, 0.2) is 36.7 Å². The van der Waals surface area contributed by atoms with Gasteiger partial charge in [0.1, 0.15) is 11.9 Å². The third-order valence-electron chi connectivity index (χ3n) is 4.52. The van der Waals surface area contributed by atoms with Crippen molar-refractivity contribution in [1.82, 2.24) is 15.3 Å². The first kappa shape index (κ1) is 19.5. The second kappa shape index (κ2) is 9.60. The van der Waals surface area contributed by atoms with Gasteiger partial charge in [0.25, 0.3) is 5.91 Å². The van der Waals surface area contributed by atoms with E-state index in [2.05, 4.69) is 34.0 Å². The maximum Gasteiger partial charge on any atom is 0.251 e. The minimum absolute atomic E-state index is 0.143. The molecule has 2 aromatic rings. The molecule has 0 bridgehead atoms.